The van der Waals surface area contributed by atoms with Crippen molar-refractivity contribution in [2.45, 2.75) is 31.2 Å². The molecule has 1 aromatic carbocycles. The lowest BCUT2D eigenvalue weighted by atomic mass is 9.87. The number of carbonyl (C=O) groups excluding carboxylic acids is 1. The lowest BCUT2D eigenvalue weighted by Gasteiger charge is -2.26. The molecule has 19 heavy (non-hydrogen) atoms. The van der Waals surface area contributed by atoms with Crippen LogP contribution in [0.2, 0.25) is 5.02 Å². The van der Waals surface area contributed by atoms with Crippen molar-refractivity contribution < 1.29 is 18.3 Å². The summed E-state index contributed by atoms with van der Waals surface area (Å²) in [6, 6.07) is 0.854. The number of isocyanates is 1. The normalized spacial score (nSPS) is 17.1. The fourth-order valence-electron chi connectivity index (χ4n) is 2.66. The molecule has 1 fully saturated rings. The number of nitrogens with zero attached hydrogens (tertiary/aromatic N) is 1. The SMILES string of the molecule is COc1c(F)cc(Cl)c(F)c1C1(N=C=O)CCCC1. The predicted octanol–water partition coefficient (Wildman–Crippen LogP) is 3.73. The van der Waals surface area contributed by atoms with E-state index in [1.165, 1.54) is 13.2 Å². The third kappa shape index (κ3) is 2.24. The minimum Gasteiger partial charge on any atom is -0.493 e. The molecule has 6 heteroatoms. The molecule has 1 aliphatic carbocycles. The van der Waals surface area contributed by atoms with Crippen LogP contribution in [0.3, 0.4) is 0 Å². The van der Waals surface area contributed by atoms with Crippen molar-refractivity contribution in [2.75, 3.05) is 7.11 Å². The molecule has 1 saturated carbocycles. The summed E-state index contributed by atoms with van der Waals surface area (Å²) < 4.78 is 33.1. The molecule has 102 valence electrons. The van der Waals surface area contributed by atoms with Crippen LogP contribution in [0.4, 0.5) is 8.78 Å². The summed E-state index contributed by atoms with van der Waals surface area (Å²) in [7, 11) is 1.24. The van der Waals surface area contributed by atoms with Gasteiger partial charge in [0.05, 0.1) is 17.7 Å². The van der Waals surface area contributed by atoms with Crippen LogP contribution in [0.5, 0.6) is 5.75 Å². The summed E-state index contributed by atoms with van der Waals surface area (Å²) >= 11 is 5.68. The van der Waals surface area contributed by atoms with Gasteiger partial charge in [-0.25, -0.2) is 13.6 Å². The highest BCUT2D eigenvalue weighted by molar-refractivity contribution is 6.30. The lowest BCUT2D eigenvalue weighted by Crippen LogP contribution is -2.22. The van der Waals surface area contributed by atoms with Crippen LogP contribution in [0.1, 0.15) is 31.2 Å². The van der Waals surface area contributed by atoms with E-state index in [1.807, 2.05) is 0 Å². The Morgan fingerprint density at radius 2 is 2.05 bits per heavy atom. The van der Waals surface area contributed by atoms with Gasteiger partial charge in [-0.3, -0.25) is 0 Å². The van der Waals surface area contributed by atoms with Gasteiger partial charge in [-0.2, -0.15) is 4.99 Å². The second kappa shape index (κ2) is 5.27. The summed E-state index contributed by atoms with van der Waals surface area (Å²) in [5.74, 6) is -1.81. The van der Waals surface area contributed by atoms with Crippen LogP contribution in [0.15, 0.2) is 11.1 Å². The van der Waals surface area contributed by atoms with Crippen molar-refractivity contribution in [1.29, 1.82) is 0 Å². The van der Waals surface area contributed by atoms with E-state index in [0.29, 0.717) is 12.8 Å². The average Bonchev–Trinajstić information content (AvgIpc) is 2.83. The number of methoxy groups -OCH3 is 1. The number of benzene rings is 1. The first kappa shape index (κ1) is 14.0. The third-order valence-electron chi connectivity index (χ3n) is 3.49. The van der Waals surface area contributed by atoms with E-state index < -0.39 is 17.2 Å². The van der Waals surface area contributed by atoms with Crippen molar-refractivity contribution in [3.63, 3.8) is 0 Å². The Labute approximate surface area is 114 Å². The fourth-order valence-corrected chi connectivity index (χ4v) is 2.85. The summed E-state index contributed by atoms with van der Waals surface area (Å²) in [6.45, 7) is 0. The largest absolute Gasteiger partial charge is 0.493 e. The number of ether oxygens (including phenoxy) is 1. The first-order chi connectivity index (χ1) is 9.05. The van der Waals surface area contributed by atoms with Crippen molar-refractivity contribution in [2.24, 2.45) is 4.99 Å². The quantitative estimate of drug-likeness (QED) is 0.483. The van der Waals surface area contributed by atoms with E-state index in [1.54, 1.807) is 0 Å². The van der Waals surface area contributed by atoms with E-state index in [2.05, 4.69) is 4.99 Å². The van der Waals surface area contributed by atoms with Crippen LogP contribution in [-0.2, 0) is 10.3 Å². The fraction of sp³-hybridized carbons (Fsp3) is 0.462. The molecule has 0 heterocycles. The summed E-state index contributed by atoms with van der Waals surface area (Å²) in [5, 5.41) is -0.347. The van der Waals surface area contributed by atoms with E-state index in [0.717, 1.165) is 18.9 Å². The molecule has 0 radical (unpaired) electrons. The predicted molar refractivity (Wildman–Crippen MR) is 66.2 cm³/mol. The Morgan fingerprint density at radius 3 is 2.58 bits per heavy atom. The van der Waals surface area contributed by atoms with Crippen LogP contribution < -0.4 is 4.74 Å². The van der Waals surface area contributed by atoms with Gasteiger partial charge in [0, 0.05) is 0 Å². The molecule has 0 saturated heterocycles. The third-order valence-corrected chi connectivity index (χ3v) is 3.76. The second-order valence-electron chi connectivity index (χ2n) is 4.50. The summed E-state index contributed by atoms with van der Waals surface area (Å²) in [6.07, 6.45) is 3.86. The Kier molecular flexibility index (Phi) is 3.88. The first-order valence-corrected chi connectivity index (χ1v) is 6.24. The zero-order valence-electron chi connectivity index (χ0n) is 10.3. The Bertz CT molecular complexity index is 550. The van der Waals surface area contributed by atoms with E-state index in [4.69, 9.17) is 16.3 Å². The maximum Gasteiger partial charge on any atom is 0.235 e. The number of hydrogen-bond acceptors (Lipinski definition) is 3. The van der Waals surface area contributed by atoms with E-state index in [9.17, 15) is 13.6 Å². The molecule has 1 aromatic rings. The highest BCUT2D eigenvalue weighted by Crippen LogP contribution is 2.48. The average molecular weight is 288 g/mol. The minimum atomic E-state index is -1.12. The molecule has 0 unspecified atom stereocenters. The van der Waals surface area contributed by atoms with Crippen LogP contribution in [0.25, 0.3) is 0 Å². The van der Waals surface area contributed by atoms with Crippen molar-refractivity contribution in [3.8, 4) is 5.75 Å². The van der Waals surface area contributed by atoms with Crippen LogP contribution >= 0.6 is 11.6 Å². The van der Waals surface area contributed by atoms with Gasteiger partial charge in [0.15, 0.2) is 17.4 Å². The number of rotatable bonds is 3. The van der Waals surface area contributed by atoms with Gasteiger partial charge in [0.1, 0.15) is 5.54 Å². The zero-order chi connectivity index (χ0) is 14.0. The monoisotopic (exact) mass is 287 g/mol. The highest BCUT2D eigenvalue weighted by Gasteiger charge is 2.42. The maximum atomic E-state index is 14.3. The molecule has 0 aromatic heterocycles. The van der Waals surface area contributed by atoms with Gasteiger partial charge in [-0.1, -0.05) is 24.4 Å². The first-order valence-electron chi connectivity index (χ1n) is 5.87. The molecule has 1 aliphatic rings. The standard InChI is InChI=1S/C13H12ClF2NO2/c1-19-12-9(15)6-8(14)11(16)10(12)13(17-7-18)4-2-3-5-13/h6H,2-5H2,1H3. The lowest BCUT2D eigenvalue weighted by molar-refractivity contribution is 0.345. The molecule has 0 aliphatic heterocycles. The Hall–Kier alpha value is -1.45. The topological polar surface area (TPSA) is 38.7 Å². The van der Waals surface area contributed by atoms with Crippen molar-refractivity contribution >= 4 is 17.7 Å². The molecular weight excluding hydrogens is 276 g/mol. The van der Waals surface area contributed by atoms with E-state index in [-0.39, 0.29) is 16.3 Å². The summed E-state index contributed by atoms with van der Waals surface area (Å²) in [5.41, 5.74) is -1.20. The molecular formula is C13H12ClF2NO2. The minimum absolute atomic E-state index is 0.0825. The van der Waals surface area contributed by atoms with Crippen molar-refractivity contribution in [3.05, 3.63) is 28.3 Å². The van der Waals surface area contributed by atoms with Crippen molar-refractivity contribution in [1.82, 2.24) is 0 Å². The molecule has 2 rings (SSSR count). The Balaban J connectivity index is 2.75. The van der Waals surface area contributed by atoms with Gasteiger partial charge < -0.3 is 4.74 Å². The molecule has 3 nitrogen and oxygen atoms in total. The highest BCUT2D eigenvalue weighted by atomic mass is 35.5. The zero-order valence-corrected chi connectivity index (χ0v) is 11.1. The van der Waals surface area contributed by atoms with Gasteiger partial charge in [0.2, 0.25) is 6.08 Å². The van der Waals surface area contributed by atoms with Crippen LogP contribution in [-0.4, -0.2) is 13.2 Å². The van der Waals surface area contributed by atoms with E-state index >= 15 is 0 Å². The number of aliphatic imine (C=N–C) groups is 1. The molecule has 0 atom stereocenters. The summed E-state index contributed by atoms with van der Waals surface area (Å²) in [4.78, 5) is 14.4. The number of hydrogen-bond donors (Lipinski definition) is 0. The second-order valence-corrected chi connectivity index (χ2v) is 4.91. The number of halogens is 3. The van der Waals surface area contributed by atoms with Crippen LogP contribution in [0, 0.1) is 11.6 Å². The smallest absolute Gasteiger partial charge is 0.235 e. The van der Waals surface area contributed by atoms with Gasteiger partial charge in [-0.05, 0) is 18.9 Å². The van der Waals surface area contributed by atoms with Gasteiger partial charge >= 0.3 is 0 Å². The molecule has 0 bridgehead atoms. The molecule has 0 spiro atoms. The Morgan fingerprint density at radius 1 is 1.42 bits per heavy atom. The van der Waals surface area contributed by atoms with Gasteiger partial charge in [-0.15, -0.1) is 0 Å². The van der Waals surface area contributed by atoms with Gasteiger partial charge in [0.25, 0.3) is 0 Å². The molecule has 0 amide bonds. The molecule has 0 N–H and O–H groups in total. The maximum absolute atomic E-state index is 14.3.